The zero-order chi connectivity index (χ0) is 21.1. The van der Waals surface area contributed by atoms with E-state index in [-0.39, 0.29) is 23.6 Å². The van der Waals surface area contributed by atoms with E-state index in [4.69, 9.17) is 0 Å². The Hall–Kier alpha value is -2.80. The second kappa shape index (κ2) is 8.92. The molecule has 0 saturated carbocycles. The largest absolute Gasteiger partial charge is 0.352 e. The molecule has 2 aliphatic rings. The molecule has 3 amide bonds. The molecule has 2 aromatic rings. The molecule has 0 radical (unpaired) electrons. The molecule has 0 aliphatic carbocycles. The van der Waals surface area contributed by atoms with Gasteiger partial charge in [0.2, 0.25) is 17.7 Å². The molecule has 2 heterocycles. The quantitative estimate of drug-likeness (QED) is 0.741. The number of benzene rings is 2. The summed E-state index contributed by atoms with van der Waals surface area (Å²) in [5.41, 5.74) is 3.00. The third kappa shape index (κ3) is 4.51. The number of likely N-dealkylation sites (tertiary alicyclic amines) is 1. The number of carbonyl (C=O) groups is 3. The lowest BCUT2D eigenvalue weighted by molar-refractivity contribution is -0.137. The SMILES string of the molecule is Cc1cccc(CNC(=O)C2CCN(C(=O)[C@H]3Sc4ccccc4NC3=O)CC2)c1. The molecule has 1 atom stereocenters. The molecular formula is C23H25N3O3S. The Balaban J connectivity index is 1.29. The van der Waals surface area contributed by atoms with Gasteiger partial charge in [-0.3, -0.25) is 14.4 Å². The molecule has 2 N–H and O–H groups in total. The van der Waals surface area contributed by atoms with Crippen molar-refractivity contribution in [2.24, 2.45) is 5.92 Å². The van der Waals surface area contributed by atoms with E-state index in [0.717, 1.165) is 16.1 Å². The summed E-state index contributed by atoms with van der Waals surface area (Å²) >= 11 is 1.30. The van der Waals surface area contributed by atoms with E-state index in [1.54, 1.807) is 4.90 Å². The van der Waals surface area contributed by atoms with Gasteiger partial charge >= 0.3 is 0 Å². The van der Waals surface area contributed by atoms with Crippen LogP contribution < -0.4 is 10.6 Å². The van der Waals surface area contributed by atoms with Gasteiger partial charge in [-0.2, -0.15) is 0 Å². The first-order valence-corrected chi connectivity index (χ1v) is 11.1. The molecule has 6 nitrogen and oxygen atoms in total. The standard InChI is InChI=1S/C23H25N3O3S/c1-15-5-4-6-16(13-15)14-24-21(27)17-9-11-26(12-10-17)23(29)20-22(28)25-18-7-2-3-8-19(18)30-20/h2-8,13,17,20H,9-12,14H2,1H3,(H,24,27)(H,25,28)/t20-/m0/s1. The topological polar surface area (TPSA) is 78.5 Å². The highest BCUT2D eigenvalue weighted by atomic mass is 32.2. The first-order chi connectivity index (χ1) is 14.5. The van der Waals surface area contributed by atoms with E-state index in [0.29, 0.717) is 32.5 Å². The zero-order valence-corrected chi connectivity index (χ0v) is 17.7. The van der Waals surface area contributed by atoms with Crippen LogP contribution in [0.25, 0.3) is 0 Å². The first-order valence-electron chi connectivity index (χ1n) is 10.2. The summed E-state index contributed by atoms with van der Waals surface area (Å²) in [6, 6.07) is 15.6. The Morgan fingerprint density at radius 3 is 2.67 bits per heavy atom. The average molecular weight is 424 g/mol. The summed E-state index contributed by atoms with van der Waals surface area (Å²) in [6.45, 7) is 3.53. The van der Waals surface area contributed by atoms with Crippen molar-refractivity contribution in [2.45, 2.75) is 36.5 Å². The van der Waals surface area contributed by atoms with Crippen LogP contribution in [0.15, 0.2) is 53.4 Å². The molecule has 0 spiro atoms. The van der Waals surface area contributed by atoms with E-state index in [1.165, 1.54) is 17.3 Å². The Kier molecular flexibility index (Phi) is 6.08. The maximum Gasteiger partial charge on any atom is 0.247 e. The third-order valence-corrected chi connectivity index (χ3v) is 6.84. The first kappa shape index (κ1) is 20.5. The van der Waals surface area contributed by atoms with Crippen molar-refractivity contribution in [3.8, 4) is 0 Å². The van der Waals surface area contributed by atoms with Crippen molar-refractivity contribution in [2.75, 3.05) is 18.4 Å². The van der Waals surface area contributed by atoms with Gasteiger partial charge in [-0.25, -0.2) is 0 Å². The minimum atomic E-state index is -0.772. The molecule has 0 unspecified atom stereocenters. The summed E-state index contributed by atoms with van der Waals surface area (Å²) in [6.07, 6.45) is 1.22. The highest BCUT2D eigenvalue weighted by Crippen LogP contribution is 2.36. The Labute approximate surface area is 180 Å². The third-order valence-electron chi connectivity index (χ3n) is 5.58. The number of carbonyl (C=O) groups excluding carboxylic acids is 3. The van der Waals surface area contributed by atoms with E-state index < -0.39 is 5.25 Å². The van der Waals surface area contributed by atoms with Crippen LogP contribution in [-0.2, 0) is 20.9 Å². The Morgan fingerprint density at radius 1 is 1.13 bits per heavy atom. The van der Waals surface area contributed by atoms with Crippen LogP contribution in [-0.4, -0.2) is 41.0 Å². The Morgan fingerprint density at radius 2 is 1.90 bits per heavy atom. The Bertz CT molecular complexity index is 970. The van der Waals surface area contributed by atoms with Gasteiger partial charge in [-0.05, 0) is 37.5 Å². The normalized spacial score (nSPS) is 19.0. The molecular weight excluding hydrogens is 398 g/mol. The number of thioether (sulfide) groups is 1. The van der Waals surface area contributed by atoms with Gasteiger partial charge < -0.3 is 15.5 Å². The second-order valence-electron chi connectivity index (χ2n) is 7.79. The second-order valence-corrected chi connectivity index (χ2v) is 8.94. The molecule has 1 fully saturated rings. The summed E-state index contributed by atoms with van der Waals surface area (Å²) in [4.78, 5) is 40.5. The van der Waals surface area contributed by atoms with Crippen molar-refractivity contribution >= 4 is 35.2 Å². The van der Waals surface area contributed by atoms with Crippen molar-refractivity contribution in [3.63, 3.8) is 0 Å². The number of aryl methyl sites for hydroxylation is 1. The minimum absolute atomic E-state index is 0.0299. The smallest absolute Gasteiger partial charge is 0.247 e. The van der Waals surface area contributed by atoms with Gasteiger partial charge in [0.05, 0.1) is 5.69 Å². The van der Waals surface area contributed by atoms with Gasteiger partial charge in [0, 0.05) is 30.4 Å². The molecule has 0 aromatic heterocycles. The number of nitrogens with zero attached hydrogens (tertiary/aromatic N) is 1. The number of hydrogen-bond acceptors (Lipinski definition) is 4. The van der Waals surface area contributed by atoms with Crippen molar-refractivity contribution in [1.82, 2.24) is 10.2 Å². The molecule has 156 valence electrons. The average Bonchev–Trinajstić information content (AvgIpc) is 2.76. The van der Waals surface area contributed by atoms with E-state index in [1.807, 2.05) is 49.4 Å². The van der Waals surface area contributed by atoms with Gasteiger partial charge in [0.25, 0.3) is 0 Å². The van der Waals surface area contributed by atoms with Gasteiger partial charge in [0.15, 0.2) is 5.25 Å². The molecule has 4 rings (SSSR count). The van der Waals surface area contributed by atoms with Crippen LogP contribution in [0.2, 0.25) is 0 Å². The number of para-hydroxylation sites is 1. The lowest BCUT2D eigenvalue weighted by Crippen LogP contribution is -2.49. The fourth-order valence-corrected chi connectivity index (χ4v) is 4.97. The predicted molar refractivity (Wildman–Crippen MR) is 117 cm³/mol. The molecule has 2 aromatic carbocycles. The highest BCUT2D eigenvalue weighted by molar-refractivity contribution is 8.01. The van der Waals surface area contributed by atoms with Crippen molar-refractivity contribution < 1.29 is 14.4 Å². The molecule has 2 aliphatic heterocycles. The lowest BCUT2D eigenvalue weighted by Gasteiger charge is -2.34. The van der Waals surface area contributed by atoms with Crippen LogP contribution in [0.5, 0.6) is 0 Å². The number of nitrogens with one attached hydrogen (secondary N) is 2. The van der Waals surface area contributed by atoms with Crippen LogP contribution >= 0.6 is 11.8 Å². The van der Waals surface area contributed by atoms with Gasteiger partial charge in [0.1, 0.15) is 0 Å². The molecule has 7 heteroatoms. The van der Waals surface area contributed by atoms with E-state index in [2.05, 4.69) is 16.7 Å². The number of amides is 3. The zero-order valence-electron chi connectivity index (χ0n) is 16.9. The summed E-state index contributed by atoms with van der Waals surface area (Å²) in [5, 5.41) is 5.06. The van der Waals surface area contributed by atoms with Crippen LogP contribution in [0.3, 0.4) is 0 Å². The maximum atomic E-state index is 12.9. The fraction of sp³-hybridized carbons (Fsp3) is 0.348. The number of anilines is 1. The summed E-state index contributed by atoms with van der Waals surface area (Å²) in [7, 11) is 0. The number of fused-ring (bicyclic) bond motifs is 1. The number of rotatable bonds is 4. The lowest BCUT2D eigenvalue weighted by atomic mass is 9.95. The molecule has 1 saturated heterocycles. The summed E-state index contributed by atoms with van der Waals surface area (Å²) in [5.74, 6) is -0.526. The monoisotopic (exact) mass is 423 g/mol. The van der Waals surface area contributed by atoms with Crippen LogP contribution in [0.4, 0.5) is 5.69 Å². The number of piperidine rings is 1. The fourth-order valence-electron chi connectivity index (χ4n) is 3.90. The maximum absolute atomic E-state index is 12.9. The van der Waals surface area contributed by atoms with Gasteiger partial charge in [-0.15, -0.1) is 11.8 Å². The van der Waals surface area contributed by atoms with Crippen LogP contribution in [0.1, 0.15) is 24.0 Å². The van der Waals surface area contributed by atoms with Gasteiger partial charge in [-0.1, -0.05) is 42.0 Å². The highest BCUT2D eigenvalue weighted by Gasteiger charge is 2.37. The van der Waals surface area contributed by atoms with Crippen molar-refractivity contribution in [1.29, 1.82) is 0 Å². The molecule has 30 heavy (non-hydrogen) atoms. The summed E-state index contributed by atoms with van der Waals surface area (Å²) < 4.78 is 0. The number of hydrogen-bond donors (Lipinski definition) is 2. The van der Waals surface area contributed by atoms with E-state index >= 15 is 0 Å². The predicted octanol–water partition coefficient (Wildman–Crippen LogP) is 2.96. The van der Waals surface area contributed by atoms with Crippen LogP contribution in [0, 0.1) is 12.8 Å². The van der Waals surface area contributed by atoms with E-state index in [9.17, 15) is 14.4 Å². The molecule has 0 bridgehead atoms. The minimum Gasteiger partial charge on any atom is -0.352 e. The van der Waals surface area contributed by atoms with Crippen molar-refractivity contribution in [3.05, 3.63) is 59.7 Å².